The molecule has 1 heterocycles. The van der Waals surface area contributed by atoms with Crippen molar-refractivity contribution >= 4 is 29.4 Å². The minimum absolute atomic E-state index is 0.0248. The van der Waals surface area contributed by atoms with Crippen LogP contribution in [0.15, 0.2) is 42.5 Å². The standard InChI is InChI=1S/C22H20F2N4O4/c23-16-6-5-15(9-17(16)24)26-18(29)11-25-19(30)12-28-20(31)22(27-21(28)32)8-7-13-3-1-2-4-14(13)10-22/h1-6,9H,7-8,10-12H2,(H,25,30)(H,26,29)(H,27,32). The minimum atomic E-state index is -1.12. The van der Waals surface area contributed by atoms with Gasteiger partial charge in [-0.15, -0.1) is 0 Å². The average Bonchev–Trinajstić information content (AvgIpc) is 2.98. The van der Waals surface area contributed by atoms with Crippen molar-refractivity contribution < 1.29 is 28.0 Å². The van der Waals surface area contributed by atoms with Crippen molar-refractivity contribution in [3.8, 4) is 0 Å². The second kappa shape index (κ2) is 8.37. The lowest BCUT2D eigenvalue weighted by Gasteiger charge is -2.32. The van der Waals surface area contributed by atoms with Crippen LogP contribution >= 0.6 is 0 Å². The second-order valence-electron chi connectivity index (χ2n) is 7.80. The zero-order chi connectivity index (χ0) is 22.9. The third-order valence-electron chi connectivity index (χ3n) is 5.63. The number of amides is 5. The highest BCUT2D eigenvalue weighted by molar-refractivity contribution is 6.09. The average molecular weight is 442 g/mol. The molecule has 1 spiro atoms. The van der Waals surface area contributed by atoms with Gasteiger partial charge in [0.05, 0.1) is 6.54 Å². The number of halogens is 2. The van der Waals surface area contributed by atoms with Crippen LogP contribution in [0.5, 0.6) is 0 Å². The third-order valence-corrected chi connectivity index (χ3v) is 5.63. The van der Waals surface area contributed by atoms with Gasteiger partial charge in [0.1, 0.15) is 12.1 Å². The van der Waals surface area contributed by atoms with E-state index in [0.29, 0.717) is 19.3 Å². The van der Waals surface area contributed by atoms with Crippen LogP contribution in [0.3, 0.4) is 0 Å². The summed E-state index contributed by atoms with van der Waals surface area (Å²) in [6.45, 7) is -1.01. The van der Waals surface area contributed by atoms with Gasteiger partial charge in [0.2, 0.25) is 11.8 Å². The van der Waals surface area contributed by atoms with Crippen molar-refractivity contribution in [1.29, 1.82) is 0 Å². The molecule has 2 aromatic carbocycles. The summed E-state index contributed by atoms with van der Waals surface area (Å²) in [7, 11) is 0. The van der Waals surface area contributed by atoms with Gasteiger partial charge in [0.25, 0.3) is 5.91 Å². The highest BCUT2D eigenvalue weighted by Gasteiger charge is 2.52. The summed E-state index contributed by atoms with van der Waals surface area (Å²) in [5.41, 5.74) is 1.06. The van der Waals surface area contributed by atoms with E-state index in [2.05, 4.69) is 16.0 Å². The largest absolute Gasteiger partial charge is 0.345 e. The molecule has 0 bridgehead atoms. The molecule has 1 atom stereocenters. The summed E-state index contributed by atoms with van der Waals surface area (Å²) in [5, 5.41) is 7.36. The van der Waals surface area contributed by atoms with Crippen LogP contribution in [-0.2, 0) is 27.2 Å². The van der Waals surface area contributed by atoms with Gasteiger partial charge in [-0.2, -0.15) is 0 Å². The lowest BCUT2D eigenvalue weighted by atomic mass is 9.78. The van der Waals surface area contributed by atoms with Gasteiger partial charge in [-0.05, 0) is 36.1 Å². The van der Waals surface area contributed by atoms with Gasteiger partial charge >= 0.3 is 6.03 Å². The minimum Gasteiger partial charge on any atom is -0.345 e. The Balaban J connectivity index is 1.32. The number of urea groups is 1. The number of carbonyl (C=O) groups excluding carboxylic acids is 4. The normalized spacial score (nSPS) is 19.5. The summed E-state index contributed by atoms with van der Waals surface area (Å²) >= 11 is 0. The number of imide groups is 1. The molecule has 0 aromatic heterocycles. The molecule has 1 fully saturated rings. The summed E-state index contributed by atoms with van der Waals surface area (Å²) in [6.07, 6.45) is 1.41. The lowest BCUT2D eigenvalue weighted by molar-refractivity contribution is -0.135. The molecule has 166 valence electrons. The fraction of sp³-hybridized carbons (Fsp3) is 0.273. The molecule has 10 heteroatoms. The van der Waals surface area contributed by atoms with E-state index in [1.54, 1.807) is 0 Å². The summed E-state index contributed by atoms with van der Waals surface area (Å²) in [6, 6.07) is 9.88. The topological polar surface area (TPSA) is 108 Å². The molecule has 8 nitrogen and oxygen atoms in total. The van der Waals surface area contributed by atoms with Crippen molar-refractivity contribution in [3.05, 3.63) is 65.2 Å². The van der Waals surface area contributed by atoms with Crippen molar-refractivity contribution in [2.75, 3.05) is 18.4 Å². The molecule has 1 unspecified atom stereocenters. The Labute approximate surface area is 182 Å². The number of hydrogen-bond acceptors (Lipinski definition) is 4. The van der Waals surface area contributed by atoms with Gasteiger partial charge < -0.3 is 16.0 Å². The molecule has 3 N–H and O–H groups in total. The number of aryl methyl sites for hydroxylation is 1. The number of rotatable bonds is 5. The van der Waals surface area contributed by atoms with Crippen LogP contribution < -0.4 is 16.0 Å². The highest BCUT2D eigenvalue weighted by atomic mass is 19.2. The molecule has 1 aliphatic carbocycles. The summed E-state index contributed by atoms with van der Waals surface area (Å²) in [4.78, 5) is 50.4. The fourth-order valence-electron chi connectivity index (χ4n) is 4.00. The van der Waals surface area contributed by atoms with E-state index in [0.717, 1.165) is 28.2 Å². The van der Waals surface area contributed by atoms with Gasteiger partial charge in [-0.1, -0.05) is 24.3 Å². The summed E-state index contributed by atoms with van der Waals surface area (Å²) < 4.78 is 26.1. The Morgan fingerprint density at radius 3 is 2.53 bits per heavy atom. The van der Waals surface area contributed by atoms with Crippen molar-refractivity contribution in [3.63, 3.8) is 0 Å². The number of nitrogens with zero attached hydrogens (tertiary/aromatic N) is 1. The second-order valence-corrected chi connectivity index (χ2v) is 7.80. The maximum Gasteiger partial charge on any atom is 0.325 e. The molecule has 1 saturated heterocycles. The van der Waals surface area contributed by atoms with Crippen LogP contribution in [-0.4, -0.2) is 47.3 Å². The van der Waals surface area contributed by atoms with Gasteiger partial charge in [-0.25, -0.2) is 13.6 Å². The maximum absolute atomic E-state index is 13.2. The molecule has 1 aliphatic heterocycles. The van der Waals surface area contributed by atoms with E-state index in [9.17, 15) is 28.0 Å². The van der Waals surface area contributed by atoms with Crippen LogP contribution in [0.4, 0.5) is 19.3 Å². The number of fused-ring (bicyclic) bond motifs is 1. The van der Waals surface area contributed by atoms with Crippen LogP contribution in [0.2, 0.25) is 0 Å². The first-order valence-electron chi connectivity index (χ1n) is 10.00. The van der Waals surface area contributed by atoms with E-state index in [1.165, 1.54) is 6.07 Å². The molecule has 2 aromatic rings. The first-order valence-corrected chi connectivity index (χ1v) is 10.00. The first-order chi connectivity index (χ1) is 15.3. The predicted octanol–water partition coefficient (Wildman–Crippen LogP) is 1.50. The highest BCUT2D eigenvalue weighted by Crippen LogP contribution is 2.33. The predicted molar refractivity (Wildman–Crippen MR) is 109 cm³/mol. The Bertz CT molecular complexity index is 1120. The quantitative estimate of drug-likeness (QED) is 0.610. The van der Waals surface area contributed by atoms with Crippen LogP contribution in [0.1, 0.15) is 17.5 Å². The number of hydrogen-bond donors (Lipinski definition) is 3. The van der Waals surface area contributed by atoms with E-state index in [-0.39, 0.29) is 5.69 Å². The van der Waals surface area contributed by atoms with Crippen molar-refractivity contribution in [2.45, 2.75) is 24.8 Å². The van der Waals surface area contributed by atoms with E-state index in [4.69, 9.17) is 0 Å². The van der Waals surface area contributed by atoms with E-state index >= 15 is 0 Å². The molecule has 32 heavy (non-hydrogen) atoms. The fourth-order valence-corrected chi connectivity index (χ4v) is 4.00. The van der Waals surface area contributed by atoms with Crippen molar-refractivity contribution in [1.82, 2.24) is 15.5 Å². The molecular weight excluding hydrogens is 422 g/mol. The molecule has 0 saturated carbocycles. The molecule has 0 radical (unpaired) electrons. The van der Waals surface area contributed by atoms with Crippen LogP contribution in [0.25, 0.3) is 0 Å². The van der Waals surface area contributed by atoms with Gasteiger partial charge in [0, 0.05) is 18.2 Å². The van der Waals surface area contributed by atoms with Gasteiger partial charge in [-0.3, -0.25) is 19.3 Å². The number of anilines is 1. The maximum atomic E-state index is 13.2. The molecule has 5 amide bonds. The molecular formula is C22H20F2N4O4. The Hall–Kier alpha value is -3.82. The van der Waals surface area contributed by atoms with E-state index < -0.39 is 54.0 Å². The zero-order valence-corrected chi connectivity index (χ0v) is 16.9. The van der Waals surface area contributed by atoms with E-state index in [1.807, 2.05) is 24.3 Å². The smallest absolute Gasteiger partial charge is 0.325 e. The lowest BCUT2D eigenvalue weighted by Crippen LogP contribution is -2.51. The number of carbonyl (C=O) groups is 4. The molecule has 2 aliphatic rings. The summed E-state index contributed by atoms with van der Waals surface area (Å²) in [5.74, 6) is -4.03. The Kier molecular flexibility index (Phi) is 5.60. The monoisotopic (exact) mass is 442 g/mol. The number of nitrogens with one attached hydrogen (secondary N) is 3. The SMILES string of the molecule is O=C(CN1C(=O)NC2(CCc3ccccc3C2)C1=O)NCC(=O)Nc1ccc(F)c(F)c1. The Morgan fingerprint density at radius 2 is 1.78 bits per heavy atom. The zero-order valence-electron chi connectivity index (χ0n) is 16.9. The Morgan fingerprint density at radius 1 is 1.03 bits per heavy atom. The number of benzene rings is 2. The van der Waals surface area contributed by atoms with Crippen molar-refractivity contribution in [2.24, 2.45) is 0 Å². The van der Waals surface area contributed by atoms with Crippen LogP contribution in [0, 0.1) is 11.6 Å². The first kappa shape index (κ1) is 21.4. The van der Waals surface area contributed by atoms with Gasteiger partial charge in [0.15, 0.2) is 11.6 Å². The third kappa shape index (κ3) is 4.16. The molecule has 4 rings (SSSR count).